The molecule has 0 saturated heterocycles. The number of anilines is 1. The smallest absolute Gasteiger partial charge is 0.244 e. The summed E-state index contributed by atoms with van der Waals surface area (Å²) in [6, 6.07) is 13.5. The quantitative estimate of drug-likeness (QED) is 0.435. The molecule has 0 aliphatic rings. The molecule has 1 unspecified atom stereocenters. The number of sulfonamides is 1. The highest BCUT2D eigenvalue weighted by Crippen LogP contribution is 2.21. The lowest BCUT2D eigenvalue weighted by Gasteiger charge is -2.31. The highest BCUT2D eigenvalue weighted by Gasteiger charge is 2.29. The lowest BCUT2D eigenvalue weighted by atomic mass is 10.1. The van der Waals surface area contributed by atoms with Crippen LogP contribution in [0.5, 0.6) is 0 Å². The van der Waals surface area contributed by atoms with Gasteiger partial charge in [-0.1, -0.05) is 28.1 Å². The molecule has 0 aromatic heterocycles. The summed E-state index contributed by atoms with van der Waals surface area (Å²) in [6.07, 6.45) is 1.06. The second-order valence-corrected chi connectivity index (χ2v) is 11.0. The van der Waals surface area contributed by atoms with E-state index in [1.54, 1.807) is 38.1 Å². The first kappa shape index (κ1) is 25.6. The van der Waals surface area contributed by atoms with Crippen LogP contribution in [0.1, 0.15) is 19.4 Å². The van der Waals surface area contributed by atoms with Crippen LogP contribution >= 0.6 is 38.5 Å². The third-order valence-corrected chi connectivity index (χ3v) is 6.91. The Bertz CT molecular complexity index is 1030. The second kappa shape index (κ2) is 11.3. The van der Waals surface area contributed by atoms with E-state index in [4.69, 9.17) is 0 Å². The van der Waals surface area contributed by atoms with Crippen molar-refractivity contribution in [1.29, 1.82) is 0 Å². The molecule has 0 bridgehead atoms. The van der Waals surface area contributed by atoms with Gasteiger partial charge in [0.25, 0.3) is 0 Å². The molecule has 0 fully saturated rings. The first-order chi connectivity index (χ1) is 14.5. The molecule has 1 atom stereocenters. The fraction of sp³-hybridized carbons (Fsp3) is 0.333. The Labute approximate surface area is 205 Å². The van der Waals surface area contributed by atoms with E-state index in [1.807, 2.05) is 24.3 Å². The minimum atomic E-state index is -3.72. The van der Waals surface area contributed by atoms with Gasteiger partial charge in [-0.05, 0) is 78.4 Å². The van der Waals surface area contributed by atoms with Gasteiger partial charge in [0.15, 0.2) is 0 Å². The van der Waals surface area contributed by atoms with Gasteiger partial charge in [-0.15, -0.1) is 0 Å². The number of benzene rings is 2. The van der Waals surface area contributed by atoms with Crippen LogP contribution in [0.3, 0.4) is 0 Å². The van der Waals surface area contributed by atoms with Crippen LogP contribution in [0.2, 0.25) is 0 Å². The molecule has 2 amide bonds. The molecule has 168 valence electrons. The van der Waals surface area contributed by atoms with Crippen molar-refractivity contribution in [3.05, 3.63) is 62.1 Å². The normalized spacial score (nSPS) is 12.2. The Hall–Kier alpha value is -1.66. The van der Waals surface area contributed by atoms with E-state index in [9.17, 15) is 18.0 Å². The number of rotatable bonds is 9. The topological polar surface area (TPSA) is 86.8 Å². The van der Waals surface area contributed by atoms with Gasteiger partial charge in [-0.2, -0.15) is 0 Å². The van der Waals surface area contributed by atoms with Crippen LogP contribution < -0.4 is 9.62 Å². The Kier molecular flexibility index (Phi) is 9.31. The molecular formula is C21H25BrIN3O4S. The zero-order valence-corrected chi connectivity index (χ0v) is 22.1. The maximum Gasteiger partial charge on any atom is 0.244 e. The molecule has 0 aliphatic heterocycles. The molecule has 0 radical (unpaired) electrons. The summed E-state index contributed by atoms with van der Waals surface area (Å²) in [7, 11) is -3.72. The lowest BCUT2D eigenvalue weighted by molar-refractivity contribution is -0.139. The largest absolute Gasteiger partial charge is 0.355 e. The highest BCUT2D eigenvalue weighted by molar-refractivity contribution is 14.1. The van der Waals surface area contributed by atoms with Gasteiger partial charge in [0, 0.05) is 21.1 Å². The molecule has 0 spiro atoms. The Balaban J connectivity index is 2.37. The molecule has 0 saturated carbocycles. The number of halogens is 2. The van der Waals surface area contributed by atoms with Gasteiger partial charge >= 0.3 is 0 Å². The summed E-state index contributed by atoms with van der Waals surface area (Å²) in [6.45, 7) is 3.63. The zero-order valence-electron chi connectivity index (χ0n) is 17.5. The number of nitrogens with zero attached hydrogens (tertiary/aromatic N) is 2. The van der Waals surface area contributed by atoms with Crippen LogP contribution in [-0.4, -0.2) is 50.5 Å². The summed E-state index contributed by atoms with van der Waals surface area (Å²) < 4.78 is 27.8. The molecule has 1 N–H and O–H groups in total. The fourth-order valence-electron chi connectivity index (χ4n) is 2.96. The van der Waals surface area contributed by atoms with Crippen molar-refractivity contribution in [2.45, 2.75) is 26.4 Å². The summed E-state index contributed by atoms with van der Waals surface area (Å²) >= 11 is 5.54. The van der Waals surface area contributed by atoms with Crippen molar-refractivity contribution >= 4 is 66.0 Å². The summed E-state index contributed by atoms with van der Waals surface area (Å²) in [5, 5.41) is 2.72. The van der Waals surface area contributed by atoms with Crippen LogP contribution in [0.15, 0.2) is 53.0 Å². The van der Waals surface area contributed by atoms with Crippen LogP contribution in [0.4, 0.5) is 5.69 Å². The number of hydrogen-bond acceptors (Lipinski definition) is 4. The number of amides is 2. The van der Waals surface area contributed by atoms with E-state index in [1.165, 1.54) is 4.90 Å². The molecule has 2 aromatic carbocycles. The molecule has 31 heavy (non-hydrogen) atoms. The molecule has 7 nitrogen and oxygen atoms in total. The molecule has 0 heterocycles. The summed E-state index contributed by atoms with van der Waals surface area (Å²) in [4.78, 5) is 27.2. The molecule has 2 rings (SSSR count). The van der Waals surface area contributed by atoms with Crippen molar-refractivity contribution in [2.24, 2.45) is 0 Å². The first-order valence-corrected chi connectivity index (χ1v) is 13.3. The highest BCUT2D eigenvalue weighted by atomic mass is 127. The van der Waals surface area contributed by atoms with Crippen LogP contribution in [-0.2, 0) is 26.2 Å². The third kappa shape index (κ3) is 7.46. The average molecular weight is 622 g/mol. The zero-order chi connectivity index (χ0) is 23.2. The number of carbonyl (C=O) groups excluding carboxylic acids is 2. The monoisotopic (exact) mass is 621 g/mol. The van der Waals surface area contributed by atoms with Gasteiger partial charge in [0.1, 0.15) is 12.6 Å². The van der Waals surface area contributed by atoms with Crippen molar-refractivity contribution < 1.29 is 18.0 Å². The number of likely N-dealkylation sites (N-methyl/N-ethyl adjacent to an activating group) is 1. The average Bonchev–Trinajstić information content (AvgIpc) is 2.70. The Morgan fingerprint density at radius 2 is 1.81 bits per heavy atom. The Morgan fingerprint density at radius 3 is 2.35 bits per heavy atom. The van der Waals surface area contributed by atoms with E-state index in [2.05, 4.69) is 43.8 Å². The first-order valence-electron chi connectivity index (χ1n) is 9.57. The van der Waals surface area contributed by atoms with Gasteiger partial charge in [0.2, 0.25) is 21.8 Å². The lowest BCUT2D eigenvalue weighted by Crippen LogP contribution is -2.51. The second-order valence-electron chi connectivity index (χ2n) is 6.97. The Morgan fingerprint density at radius 1 is 1.16 bits per heavy atom. The summed E-state index contributed by atoms with van der Waals surface area (Å²) in [5.74, 6) is -0.770. The van der Waals surface area contributed by atoms with Crippen molar-refractivity contribution in [2.75, 3.05) is 23.7 Å². The molecule has 0 aliphatic carbocycles. The predicted molar refractivity (Wildman–Crippen MR) is 134 cm³/mol. The van der Waals surface area contributed by atoms with Crippen LogP contribution in [0, 0.1) is 3.57 Å². The van der Waals surface area contributed by atoms with E-state index < -0.39 is 28.5 Å². The van der Waals surface area contributed by atoms with Crippen LogP contribution in [0.25, 0.3) is 0 Å². The maximum atomic E-state index is 13.3. The minimum Gasteiger partial charge on any atom is -0.355 e. The van der Waals surface area contributed by atoms with Gasteiger partial charge in [0.05, 0.1) is 11.9 Å². The van der Waals surface area contributed by atoms with E-state index in [-0.39, 0.29) is 12.5 Å². The fourth-order valence-corrected chi connectivity index (χ4v) is 4.61. The van der Waals surface area contributed by atoms with Gasteiger partial charge < -0.3 is 10.2 Å². The standard InChI is InChI=1S/C21H25BrIN3O4S/c1-4-24-21(28)15(2)25(13-16-6-5-7-17(22)12-16)20(27)14-26(31(3,29)30)19-10-8-18(23)9-11-19/h5-12,15H,4,13-14H2,1-3H3,(H,24,28). The molecular weight excluding hydrogens is 597 g/mol. The summed E-state index contributed by atoms with van der Waals surface area (Å²) in [5.41, 5.74) is 1.21. The van der Waals surface area contributed by atoms with E-state index in [0.717, 1.165) is 24.2 Å². The van der Waals surface area contributed by atoms with Crippen molar-refractivity contribution in [3.8, 4) is 0 Å². The third-order valence-electron chi connectivity index (χ3n) is 4.55. The van der Waals surface area contributed by atoms with Crippen molar-refractivity contribution in [1.82, 2.24) is 10.2 Å². The number of hydrogen-bond donors (Lipinski definition) is 1. The maximum absolute atomic E-state index is 13.3. The molecule has 10 heteroatoms. The number of nitrogens with one attached hydrogen (secondary N) is 1. The van der Waals surface area contributed by atoms with E-state index >= 15 is 0 Å². The minimum absolute atomic E-state index is 0.168. The molecule has 2 aromatic rings. The van der Waals surface area contributed by atoms with Gasteiger partial charge in [-0.25, -0.2) is 8.42 Å². The predicted octanol–water partition coefficient (Wildman–Crippen LogP) is 3.37. The van der Waals surface area contributed by atoms with Gasteiger partial charge in [-0.3, -0.25) is 13.9 Å². The van der Waals surface area contributed by atoms with Crippen molar-refractivity contribution in [3.63, 3.8) is 0 Å². The SMILES string of the molecule is CCNC(=O)C(C)N(Cc1cccc(Br)c1)C(=O)CN(c1ccc(I)cc1)S(C)(=O)=O. The number of carbonyl (C=O) groups is 2. The van der Waals surface area contributed by atoms with E-state index in [0.29, 0.717) is 12.2 Å².